The molecule has 6 nitrogen and oxygen atoms in total. The van der Waals surface area contributed by atoms with Crippen molar-refractivity contribution in [2.75, 3.05) is 0 Å². The van der Waals surface area contributed by atoms with E-state index in [4.69, 9.17) is 15.2 Å². The lowest BCUT2D eigenvalue weighted by molar-refractivity contribution is -0.161. The van der Waals surface area contributed by atoms with Crippen LogP contribution in [0.4, 0.5) is 4.79 Å². The van der Waals surface area contributed by atoms with Gasteiger partial charge in [-0.1, -0.05) is 30.0 Å². The molecule has 0 heterocycles. The monoisotopic (exact) mass is 374 g/mol. The first-order chi connectivity index (χ1) is 12.2. The fourth-order valence-corrected chi connectivity index (χ4v) is 1.94. The van der Waals surface area contributed by atoms with Crippen molar-refractivity contribution < 1.29 is 19.1 Å². The van der Waals surface area contributed by atoms with Crippen molar-refractivity contribution in [3.63, 3.8) is 0 Å². The number of amides is 1. The lowest BCUT2D eigenvalue weighted by Crippen LogP contribution is -2.62. The maximum Gasteiger partial charge on any atom is 0.408 e. The van der Waals surface area contributed by atoms with Gasteiger partial charge in [0.2, 0.25) is 0 Å². The Bertz CT molecular complexity index is 717. The molecule has 0 saturated heterocycles. The maximum absolute atomic E-state index is 12.6. The molecule has 0 unspecified atom stereocenters. The van der Waals surface area contributed by atoms with Crippen LogP contribution >= 0.6 is 0 Å². The van der Waals surface area contributed by atoms with Crippen LogP contribution in [0.1, 0.15) is 54.0 Å². The predicted molar refractivity (Wildman–Crippen MR) is 105 cm³/mol. The summed E-state index contributed by atoms with van der Waals surface area (Å²) in [7, 11) is 0. The van der Waals surface area contributed by atoms with E-state index in [-0.39, 0.29) is 0 Å². The van der Waals surface area contributed by atoms with Gasteiger partial charge in [0.1, 0.15) is 22.8 Å². The molecule has 1 aromatic carbocycles. The molecule has 0 saturated carbocycles. The second-order valence-corrected chi connectivity index (χ2v) is 8.50. The highest BCUT2D eigenvalue weighted by atomic mass is 16.6. The molecule has 6 heteroatoms. The quantitative estimate of drug-likeness (QED) is 0.627. The van der Waals surface area contributed by atoms with Gasteiger partial charge >= 0.3 is 12.1 Å². The Labute approximate surface area is 161 Å². The van der Waals surface area contributed by atoms with Gasteiger partial charge in [0.05, 0.1) is 0 Å². The summed E-state index contributed by atoms with van der Waals surface area (Å²) < 4.78 is 10.7. The summed E-state index contributed by atoms with van der Waals surface area (Å²) in [5, 5.41) is 2.59. The molecule has 0 radical (unpaired) electrons. The fourth-order valence-electron chi connectivity index (χ4n) is 1.94. The fraction of sp³-hybridized carbons (Fsp3) is 0.524. The number of nitrogens with two attached hydrogens (primary N) is 1. The molecule has 0 bridgehead atoms. The highest BCUT2D eigenvalue weighted by molar-refractivity contribution is 5.83. The number of benzene rings is 1. The van der Waals surface area contributed by atoms with Crippen LogP contribution in [-0.2, 0) is 14.3 Å². The minimum absolute atomic E-state index is 0.668. The molecule has 1 amide bonds. The van der Waals surface area contributed by atoms with Crippen LogP contribution in [-0.4, -0.2) is 34.8 Å². The minimum Gasteiger partial charge on any atom is -0.459 e. The number of ether oxygens (including phenoxy) is 2. The SMILES string of the molecule is CC(C)(C)OC(=O)N[C@@H](C#Cc1ccccc1)[C@@](C)(N)C(=O)OC(C)(C)C. The van der Waals surface area contributed by atoms with E-state index in [1.807, 2.05) is 30.3 Å². The van der Waals surface area contributed by atoms with Crippen LogP contribution in [0.25, 0.3) is 0 Å². The largest absolute Gasteiger partial charge is 0.459 e. The van der Waals surface area contributed by atoms with Crippen LogP contribution in [0, 0.1) is 11.8 Å². The van der Waals surface area contributed by atoms with Gasteiger partial charge in [-0.2, -0.15) is 0 Å². The molecule has 27 heavy (non-hydrogen) atoms. The normalized spacial score (nSPS) is 14.8. The first kappa shape index (κ1) is 22.5. The topological polar surface area (TPSA) is 90.6 Å². The van der Waals surface area contributed by atoms with Crippen molar-refractivity contribution in [3.8, 4) is 11.8 Å². The second kappa shape index (κ2) is 8.45. The smallest absolute Gasteiger partial charge is 0.408 e. The number of hydrogen-bond donors (Lipinski definition) is 2. The minimum atomic E-state index is -1.58. The number of esters is 1. The number of carbonyl (C=O) groups excluding carboxylic acids is 2. The van der Waals surface area contributed by atoms with Crippen molar-refractivity contribution >= 4 is 12.1 Å². The highest BCUT2D eigenvalue weighted by Crippen LogP contribution is 2.17. The molecule has 0 aromatic heterocycles. The first-order valence-electron chi connectivity index (χ1n) is 8.79. The molecule has 1 aromatic rings. The number of nitrogens with one attached hydrogen (secondary N) is 1. The van der Waals surface area contributed by atoms with Gasteiger partial charge in [-0.15, -0.1) is 0 Å². The van der Waals surface area contributed by atoms with E-state index in [9.17, 15) is 9.59 Å². The van der Waals surface area contributed by atoms with E-state index in [1.54, 1.807) is 41.5 Å². The summed E-state index contributed by atoms with van der Waals surface area (Å²) >= 11 is 0. The number of alkyl carbamates (subject to hydrolysis) is 1. The molecule has 148 valence electrons. The molecule has 3 N–H and O–H groups in total. The number of rotatable bonds is 3. The number of hydrogen-bond acceptors (Lipinski definition) is 5. The van der Waals surface area contributed by atoms with Crippen molar-refractivity contribution in [3.05, 3.63) is 35.9 Å². The van der Waals surface area contributed by atoms with E-state index in [0.717, 1.165) is 5.56 Å². The van der Waals surface area contributed by atoms with Crippen LogP contribution in [0.15, 0.2) is 30.3 Å². The Morgan fingerprint density at radius 3 is 1.96 bits per heavy atom. The van der Waals surface area contributed by atoms with Gasteiger partial charge in [0, 0.05) is 5.56 Å². The van der Waals surface area contributed by atoms with E-state index in [0.29, 0.717) is 0 Å². The Kier molecular flexibility index (Phi) is 7.05. The molecule has 1 rings (SSSR count). The summed E-state index contributed by atoms with van der Waals surface area (Å²) in [5.41, 5.74) is 3.98. The molecular weight excluding hydrogens is 344 g/mol. The lowest BCUT2D eigenvalue weighted by atomic mass is 9.93. The van der Waals surface area contributed by atoms with Crippen molar-refractivity contribution in [1.82, 2.24) is 5.32 Å². The summed E-state index contributed by atoms with van der Waals surface area (Å²) in [5.74, 6) is 5.13. The molecule has 0 fully saturated rings. The summed E-state index contributed by atoms with van der Waals surface area (Å²) in [4.78, 5) is 24.8. The molecule has 0 spiro atoms. The van der Waals surface area contributed by atoms with E-state index in [2.05, 4.69) is 17.2 Å². The van der Waals surface area contributed by atoms with Crippen LogP contribution in [0.2, 0.25) is 0 Å². The molecule has 0 aliphatic rings. The van der Waals surface area contributed by atoms with Crippen molar-refractivity contribution in [2.45, 2.75) is 71.2 Å². The van der Waals surface area contributed by atoms with Gasteiger partial charge in [0.15, 0.2) is 0 Å². The van der Waals surface area contributed by atoms with E-state index < -0.39 is 34.8 Å². The van der Waals surface area contributed by atoms with Crippen molar-refractivity contribution in [2.24, 2.45) is 5.73 Å². The van der Waals surface area contributed by atoms with Gasteiger partial charge in [-0.05, 0) is 60.6 Å². The third-order valence-electron chi connectivity index (χ3n) is 3.23. The van der Waals surface area contributed by atoms with Gasteiger partial charge < -0.3 is 20.5 Å². The van der Waals surface area contributed by atoms with E-state index in [1.165, 1.54) is 6.92 Å². The first-order valence-corrected chi connectivity index (χ1v) is 8.79. The zero-order valence-electron chi connectivity index (χ0n) is 17.2. The highest BCUT2D eigenvalue weighted by Gasteiger charge is 2.41. The van der Waals surface area contributed by atoms with Gasteiger partial charge in [-0.25, -0.2) is 9.59 Å². The number of carbonyl (C=O) groups is 2. The van der Waals surface area contributed by atoms with Crippen LogP contribution < -0.4 is 11.1 Å². The summed E-state index contributed by atoms with van der Waals surface area (Å²) in [6.45, 7) is 11.9. The molecule has 2 atom stereocenters. The second-order valence-electron chi connectivity index (χ2n) is 8.50. The third-order valence-corrected chi connectivity index (χ3v) is 3.23. The molecular formula is C21H30N2O4. The lowest BCUT2D eigenvalue weighted by Gasteiger charge is -2.32. The molecule has 0 aliphatic carbocycles. The van der Waals surface area contributed by atoms with Crippen LogP contribution in [0.5, 0.6) is 0 Å². The average molecular weight is 374 g/mol. The zero-order chi connectivity index (χ0) is 20.9. The zero-order valence-corrected chi connectivity index (χ0v) is 17.2. The van der Waals surface area contributed by atoms with Crippen LogP contribution in [0.3, 0.4) is 0 Å². The van der Waals surface area contributed by atoms with Crippen molar-refractivity contribution in [1.29, 1.82) is 0 Å². The molecule has 0 aliphatic heterocycles. The van der Waals surface area contributed by atoms with E-state index >= 15 is 0 Å². The summed E-state index contributed by atoms with van der Waals surface area (Å²) in [6.07, 6.45) is -0.713. The summed E-state index contributed by atoms with van der Waals surface area (Å²) in [6, 6.07) is 8.18. The Morgan fingerprint density at radius 2 is 1.48 bits per heavy atom. The van der Waals surface area contributed by atoms with Gasteiger partial charge in [0.25, 0.3) is 0 Å². The predicted octanol–water partition coefficient (Wildman–Crippen LogP) is 2.99. The third kappa shape index (κ3) is 8.14. The Morgan fingerprint density at radius 1 is 0.963 bits per heavy atom. The standard InChI is InChI=1S/C21H30N2O4/c1-19(2,3)26-17(24)21(7,22)16(23-18(25)27-20(4,5)6)14-13-15-11-9-8-10-12-15/h8-12,16H,22H2,1-7H3,(H,23,25)/t16-,21+/m0/s1. The van der Waals surface area contributed by atoms with Gasteiger partial charge in [-0.3, -0.25) is 0 Å². The Hall–Kier alpha value is -2.52. The Balaban J connectivity index is 3.14. The average Bonchev–Trinajstić information content (AvgIpc) is 2.48. The maximum atomic E-state index is 12.6.